The minimum atomic E-state index is -4.67. The van der Waals surface area contributed by atoms with Crippen molar-refractivity contribution in [1.82, 2.24) is 0 Å². The van der Waals surface area contributed by atoms with E-state index in [4.69, 9.17) is 0 Å². The second kappa shape index (κ2) is 4.40. The van der Waals surface area contributed by atoms with Crippen molar-refractivity contribution in [2.24, 2.45) is 0 Å². The van der Waals surface area contributed by atoms with Crippen LogP contribution >= 0.6 is 0 Å². The first-order valence-electron chi connectivity index (χ1n) is 3.27. The van der Waals surface area contributed by atoms with Gasteiger partial charge in [0.2, 0.25) is 0 Å². The quantitative estimate of drug-likeness (QED) is 0.680. The van der Waals surface area contributed by atoms with E-state index in [1.165, 1.54) is 13.1 Å². The molecule has 0 spiro atoms. The summed E-state index contributed by atoms with van der Waals surface area (Å²) in [5.41, 5.74) is 0. The Kier molecular flexibility index (Phi) is 4.36. The maximum Gasteiger partial charge on any atom is 0.413 e. The molecule has 0 bridgehead atoms. The Labute approximate surface area is 75.7 Å². The molecule has 0 saturated heterocycles. The van der Waals surface area contributed by atoms with Gasteiger partial charge in [0.25, 0.3) is 0 Å². The van der Waals surface area contributed by atoms with Crippen molar-refractivity contribution in [3.8, 4) is 0 Å². The third-order valence-electron chi connectivity index (χ3n) is 0.677. The van der Waals surface area contributed by atoms with Crippen molar-refractivity contribution in [2.45, 2.75) is 19.3 Å². The molecule has 0 aliphatic heterocycles. The normalized spacial score (nSPS) is 13.7. The minimum absolute atomic E-state index is 1.49. The predicted octanol–water partition coefficient (Wildman–Crippen LogP) is 0.810. The molecule has 0 unspecified atom stereocenters. The average Bonchev–Trinajstić information content (AvgIpc) is 1.79. The highest BCUT2D eigenvalue weighted by Crippen LogP contribution is 2.16. The monoisotopic (exact) mass is 238 g/mol. The summed E-state index contributed by atoms with van der Waals surface area (Å²) in [6.07, 6.45) is -4.67. The highest BCUT2D eigenvalue weighted by molar-refractivity contribution is 7.82. The highest BCUT2D eigenvalue weighted by atomic mass is 32.3. The van der Waals surface area contributed by atoms with Crippen LogP contribution in [0, 0.1) is 0 Å². The Morgan fingerprint density at radius 3 is 2.08 bits per heavy atom. The van der Waals surface area contributed by atoms with Crippen LogP contribution in [0.1, 0.15) is 0 Å². The number of hydrogen-bond donors (Lipinski definition) is 0. The Bertz CT molecular complexity index is 247. The molecule has 13 heavy (non-hydrogen) atoms. The van der Waals surface area contributed by atoms with Crippen LogP contribution in [0.15, 0.2) is 0 Å². The lowest BCUT2D eigenvalue weighted by atomic mass is 10.7. The molecule has 0 aliphatic rings. The highest BCUT2D eigenvalue weighted by Gasteiger charge is 2.31. The van der Waals surface area contributed by atoms with Crippen molar-refractivity contribution in [3.63, 3.8) is 0 Å². The topological polar surface area (TPSA) is 52.6 Å². The summed E-state index contributed by atoms with van der Waals surface area (Å²) in [5, 5.41) is 0. The van der Waals surface area contributed by atoms with E-state index in [0.717, 1.165) is 0 Å². The van der Waals surface area contributed by atoms with E-state index in [1.54, 1.807) is 0 Å². The van der Waals surface area contributed by atoms with Crippen LogP contribution in [0.2, 0.25) is 13.1 Å². The molecule has 0 heterocycles. The third kappa shape index (κ3) is 8.21. The molecule has 0 saturated carbocycles. The fourth-order valence-corrected chi connectivity index (χ4v) is 2.79. The minimum Gasteiger partial charge on any atom is -0.298 e. The van der Waals surface area contributed by atoms with Gasteiger partial charge in [-0.2, -0.15) is 21.6 Å². The summed E-state index contributed by atoms with van der Waals surface area (Å²) >= 11 is 0. The number of alkyl halides is 3. The summed E-state index contributed by atoms with van der Waals surface area (Å²) in [7, 11) is -6.43. The van der Waals surface area contributed by atoms with E-state index in [1.807, 2.05) is 0 Å². The maximum absolute atomic E-state index is 11.5. The molecule has 0 amide bonds. The Morgan fingerprint density at radius 1 is 1.31 bits per heavy atom. The number of hydrogen-bond acceptors (Lipinski definition) is 4. The van der Waals surface area contributed by atoms with E-state index >= 15 is 0 Å². The Balaban J connectivity index is 4.06. The molecular formula is C4H9F3O4SSi. The molecule has 0 fully saturated rings. The van der Waals surface area contributed by atoms with Crippen LogP contribution < -0.4 is 0 Å². The molecule has 0 aromatic heterocycles. The fourth-order valence-electron chi connectivity index (χ4n) is 0.402. The van der Waals surface area contributed by atoms with Gasteiger partial charge in [0.05, 0.1) is 0 Å². The SMILES string of the molecule is C[SiH](C)OS(=O)(=O)OCC(F)(F)F. The van der Waals surface area contributed by atoms with Gasteiger partial charge in [-0.05, 0) is 13.1 Å². The molecule has 0 rings (SSSR count). The Morgan fingerprint density at radius 2 is 1.77 bits per heavy atom. The van der Waals surface area contributed by atoms with Gasteiger partial charge in [-0.1, -0.05) is 0 Å². The van der Waals surface area contributed by atoms with Gasteiger partial charge in [0.15, 0.2) is 15.6 Å². The average molecular weight is 238 g/mol. The molecule has 9 heteroatoms. The van der Waals surface area contributed by atoms with Gasteiger partial charge in [0.1, 0.15) is 0 Å². The van der Waals surface area contributed by atoms with Crippen molar-refractivity contribution in [3.05, 3.63) is 0 Å². The smallest absolute Gasteiger partial charge is 0.298 e. The summed E-state index contributed by atoms with van der Waals surface area (Å²) in [6.45, 7) is 1.14. The van der Waals surface area contributed by atoms with E-state index < -0.39 is 32.2 Å². The molecule has 80 valence electrons. The van der Waals surface area contributed by atoms with Crippen LogP contribution in [0.25, 0.3) is 0 Å². The fraction of sp³-hybridized carbons (Fsp3) is 1.00. The zero-order chi connectivity index (χ0) is 10.7. The molecule has 0 aliphatic carbocycles. The van der Waals surface area contributed by atoms with E-state index in [9.17, 15) is 21.6 Å². The first kappa shape index (κ1) is 12.9. The standard InChI is InChI=1S/C4H9F3O4SSi/c1-13(2)11-12(8,9)10-3-4(5,6)7/h13H,3H2,1-2H3. The predicted molar refractivity (Wildman–Crippen MR) is 40.9 cm³/mol. The lowest BCUT2D eigenvalue weighted by Crippen LogP contribution is -2.24. The summed E-state index contributed by atoms with van der Waals surface area (Å²) in [5.74, 6) is 0. The zero-order valence-corrected chi connectivity index (χ0v) is 8.93. The van der Waals surface area contributed by atoms with Gasteiger partial charge in [-0.3, -0.25) is 3.87 Å². The second-order valence-corrected chi connectivity index (χ2v) is 6.35. The number of rotatable bonds is 4. The zero-order valence-electron chi connectivity index (χ0n) is 6.96. The van der Waals surface area contributed by atoms with Gasteiger partial charge < -0.3 is 0 Å². The van der Waals surface area contributed by atoms with E-state index in [-0.39, 0.29) is 0 Å². The molecule has 0 radical (unpaired) electrons. The van der Waals surface area contributed by atoms with Crippen LogP contribution in [-0.2, 0) is 18.5 Å². The van der Waals surface area contributed by atoms with Gasteiger partial charge in [-0.15, -0.1) is 0 Å². The van der Waals surface area contributed by atoms with E-state index in [0.29, 0.717) is 0 Å². The molecular weight excluding hydrogens is 229 g/mol. The molecule has 4 nitrogen and oxygen atoms in total. The van der Waals surface area contributed by atoms with Crippen molar-refractivity contribution < 1.29 is 29.6 Å². The summed E-state index contributed by atoms with van der Waals surface area (Å²) in [6, 6.07) is 0. The van der Waals surface area contributed by atoms with Gasteiger partial charge >= 0.3 is 16.6 Å². The van der Waals surface area contributed by atoms with Gasteiger partial charge in [-0.25, -0.2) is 4.18 Å². The lowest BCUT2D eigenvalue weighted by Gasteiger charge is -2.09. The second-order valence-electron chi connectivity index (χ2n) is 2.43. The maximum atomic E-state index is 11.5. The lowest BCUT2D eigenvalue weighted by molar-refractivity contribution is -0.153. The van der Waals surface area contributed by atoms with E-state index in [2.05, 4.69) is 8.06 Å². The Hall–Kier alpha value is -0.123. The summed E-state index contributed by atoms with van der Waals surface area (Å²) in [4.78, 5) is 0. The summed E-state index contributed by atoms with van der Waals surface area (Å²) < 4.78 is 63.4. The first-order valence-corrected chi connectivity index (χ1v) is 7.38. The largest absolute Gasteiger partial charge is 0.413 e. The molecule has 0 atom stereocenters. The van der Waals surface area contributed by atoms with Crippen LogP contribution in [0.3, 0.4) is 0 Å². The number of halogens is 3. The molecule has 0 aromatic rings. The van der Waals surface area contributed by atoms with Crippen molar-refractivity contribution >= 4 is 19.4 Å². The van der Waals surface area contributed by atoms with Crippen LogP contribution in [0.4, 0.5) is 13.2 Å². The van der Waals surface area contributed by atoms with Crippen LogP contribution in [-0.4, -0.2) is 30.2 Å². The first-order chi connectivity index (χ1) is 5.62. The van der Waals surface area contributed by atoms with Crippen molar-refractivity contribution in [2.75, 3.05) is 6.61 Å². The van der Waals surface area contributed by atoms with Gasteiger partial charge in [0, 0.05) is 0 Å². The third-order valence-corrected chi connectivity index (χ3v) is 3.57. The molecule has 0 N–H and O–H groups in total. The van der Waals surface area contributed by atoms with Crippen LogP contribution in [0.5, 0.6) is 0 Å². The molecule has 0 aromatic carbocycles. The van der Waals surface area contributed by atoms with Crippen molar-refractivity contribution in [1.29, 1.82) is 0 Å².